The maximum absolute atomic E-state index is 12.8. The van der Waals surface area contributed by atoms with E-state index in [-0.39, 0.29) is 18.1 Å². The van der Waals surface area contributed by atoms with Gasteiger partial charge >= 0.3 is 6.36 Å². The van der Waals surface area contributed by atoms with Gasteiger partial charge in [-0.2, -0.15) is 0 Å². The normalized spacial score (nSPS) is 13.8. The number of amides is 1. The van der Waals surface area contributed by atoms with Crippen LogP contribution < -0.4 is 9.64 Å². The number of fused-ring (bicyclic) bond motifs is 1. The number of halogens is 3. The van der Waals surface area contributed by atoms with Crippen molar-refractivity contribution < 1.29 is 27.1 Å². The summed E-state index contributed by atoms with van der Waals surface area (Å²) in [5.74, 6) is -0.0423. The number of carbonyl (C=O) groups is 1. The average molecular weight is 402 g/mol. The Bertz CT molecular complexity index is 1020. The molecule has 2 aromatic carbocycles. The van der Waals surface area contributed by atoms with Gasteiger partial charge in [0, 0.05) is 17.8 Å². The van der Waals surface area contributed by atoms with Gasteiger partial charge in [-0.1, -0.05) is 18.2 Å². The van der Waals surface area contributed by atoms with Crippen molar-refractivity contribution >= 4 is 11.6 Å². The first kappa shape index (κ1) is 19.0. The Kier molecular flexibility index (Phi) is 5.00. The third-order valence-electron chi connectivity index (χ3n) is 4.61. The van der Waals surface area contributed by atoms with Crippen molar-refractivity contribution in [2.24, 2.45) is 0 Å². The molecule has 0 saturated carbocycles. The number of alkyl halides is 3. The molecule has 0 fully saturated rings. The van der Waals surface area contributed by atoms with Crippen molar-refractivity contribution in [2.45, 2.75) is 25.6 Å². The maximum Gasteiger partial charge on any atom is 0.573 e. The Morgan fingerprint density at radius 2 is 1.97 bits per heavy atom. The molecule has 0 radical (unpaired) electrons. The van der Waals surface area contributed by atoms with E-state index in [9.17, 15) is 18.0 Å². The van der Waals surface area contributed by atoms with Crippen LogP contribution in [-0.2, 0) is 17.6 Å². The first-order valence-corrected chi connectivity index (χ1v) is 9.08. The fraction of sp³-hybridized carbons (Fsp3) is 0.238. The van der Waals surface area contributed by atoms with Crippen LogP contribution in [0.15, 0.2) is 59.2 Å². The molecular weight excluding hydrogens is 385 g/mol. The standard InChI is InChI=1S/C21H17F3N2O3/c22-21(23,24)29-17-8-9-18-15(11-17)7-4-10-26(18)19(27)12-16-13-28-20(25-16)14-5-2-1-3-6-14/h1-3,5-6,8-9,11,13H,4,7,10,12H2. The lowest BCUT2D eigenvalue weighted by atomic mass is 10.0. The minimum absolute atomic E-state index is 0.0383. The van der Waals surface area contributed by atoms with Crippen LogP contribution >= 0.6 is 0 Å². The van der Waals surface area contributed by atoms with E-state index in [1.807, 2.05) is 30.3 Å². The molecule has 0 unspecified atom stereocenters. The average Bonchev–Trinajstić information content (AvgIpc) is 3.15. The Morgan fingerprint density at radius 3 is 2.72 bits per heavy atom. The van der Waals surface area contributed by atoms with E-state index >= 15 is 0 Å². The van der Waals surface area contributed by atoms with Crippen LogP contribution in [0.5, 0.6) is 5.75 Å². The quantitative estimate of drug-likeness (QED) is 0.631. The van der Waals surface area contributed by atoms with Crippen LogP contribution in [-0.4, -0.2) is 23.8 Å². The van der Waals surface area contributed by atoms with Crippen LogP contribution in [0.2, 0.25) is 0 Å². The molecule has 0 N–H and O–H groups in total. The van der Waals surface area contributed by atoms with E-state index in [1.54, 1.807) is 4.90 Å². The van der Waals surface area contributed by atoms with Crippen molar-refractivity contribution in [1.82, 2.24) is 4.98 Å². The number of carbonyl (C=O) groups excluding carboxylic acids is 1. The van der Waals surface area contributed by atoms with Gasteiger partial charge in [-0.3, -0.25) is 4.79 Å². The smallest absolute Gasteiger partial charge is 0.444 e. The molecule has 150 valence electrons. The van der Waals surface area contributed by atoms with Gasteiger partial charge in [0.05, 0.1) is 12.1 Å². The first-order chi connectivity index (χ1) is 13.9. The summed E-state index contributed by atoms with van der Waals surface area (Å²) in [4.78, 5) is 18.8. The number of aromatic nitrogens is 1. The molecule has 0 spiro atoms. The summed E-state index contributed by atoms with van der Waals surface area (Å²) < 4.78 is 46.8. The third-order valence-corrected chi connectivity index (χ3v) is 4.61. The SMILES string of the molecule is O=C(Cc1coc(-c2ccccc2)n1)N1CCCc2cc(OC(F)(F)F)ccc21. The van der Waals surface area contributed by atoms with Gasteiger partial charge < -0.3 is 14.1 Å². The van der Waals surface area contributed by atoms with Gasteiger partial charge in [0.1, 0.15) is 12.0 Å². The monoisotopic (exact) mass is 402 g/mol. The number of benzene rings is 2. The van der Waals surface area contributed by atoms with E-state index in [0.29, 0.717) is 42.2 Å². The molecule has 29 heavy (non-hydrogen) atoms. The number of rotatable bonds is 4. The highest BCUT2D eigenvalue weighted by atomic mass is 19.4. The Morgan fingerprint density at radius 1 is 1.17 bits per heavy atom. The number of oxazole rings is 1. The molecule has 3 aromatic rings. The largest absolute Gasteiger partial charge is 0.573 e. The summed E-state index contributed by atoms with van der Waals surface area (Å²) in [7, 11) is 0. The molecular formula is C21H17F3N2O3. The van der Waals surface area contributed by atoms with Crippen molar-refractivity contribution in [3.05, 3.63) is 66.1 Å². The zero-order chi connectivity index (χ0) is 20.4. The van der Waals surface area contributed by atoms with E-state index in [4.69, 9.17) is 4.42 Å². The number of aryl methyl sites for hydroxylation is 1. The van der Waals surface area contributed by atoms with E-state index in [1.165, 1.54) is 24.5 Å². The van der Waals surface area contributed by atoms with Gasteiger partial charge in [0.25, 0.3) is 0 Å². The van der Waals surface area contributed by atoms with Crippen LogP contribution in [0.1, 0.15) is 17.7 Å². The molecule has 5 nitrogen and oxygen atoms in total. The summed E-state index contributed by atoms with van der Waals surface area (Å²) >= 11 is 0. The van der Waals surface area contributed by atoms with Crippen LogP contribution in [0.25, 0.3) is 11.5 Å². The fourth-order valence-corrected chi connectivity index (χ4v) is 3.38. The fourth-order valence-electron chi connectivity index (χ4n) is 3.38. The van der Waals surface area contributed by atoms with Gasteiger partial charge in [-0.15, -0.1) is 13.2 Å². The lowest BCUT2D eigenvalue weighted by Gasteiger charge is -2.29. The Hall–Kier alpha value is -3.29. The number of hydrogen-bond donors (Lipinski definition) is 0. The first-order valence-electron chi connectivity index (χ1n) is 9.08. The van der Waals surface area contributed by atoms with Crippen LogP contribution in [0, 0.1) is 0 Å². The second-order valence-electron chi connectivity index (χ2n) is 6.67. The molecule has 0 atom stereocenters. The topological polar surface area (TPSA) is 55.6 Å². The highest BCUT2D eigenvalue weighted by Gasteiger charge is 2.32. The molecule has 1 aliphatic heterocycles. The second kappa shape index (κ2) is 7.62. The predicted molar refractivity (Wildman–Crippen MR) is 99.4 cm³/mol. The highest BCUT2D eigenvalue weighted by molar-refractivity contribution is 5.95. The molecule has 0 aliphatic carbocycles. The lowest BCUT2D eigenvalue weighted by Crippen LogP contribution is -2.36. The zero-order valence-corrected chi connectivity index (χ0v) is 15.3. The Balaban J connectivity index is 1.50. The molecule has 1 amide bonds. The molecule has 0 bridgehead atoms. The van der Waals surface area contributed by atoms with Crippen molar-refractivity contribution in [3.63, 3.8) is 0 Å². The van der Waals surface area contributed by atoms with Gasteiger partial charge in [-0.25, -0.2) is 4.98 Å². The van der Waals surface area contributed by atoms with E-state index in [0.717, 1.165) is 5.56 Å². The molecule has 2 heterocycles. The van der Waals surface area contributed by atoms with Gasteiger partial charge in [0.2, 0.25) is 11.8 Å². The number of hydrogen-bond acceptors (Lipinski definition) is 4. The van der Waals surface area contributed by atoms with Gasteiger partial charge in [0.15, 0.2) is 0 Å². The van der Waals surface area contributed by atoms with Crippen molar-refractivity contribution in [3.8, 4) is 17.2 Å². The summed E-state index contributed by atoms with van der Waals surface area (Å²) in [6, 6.07) is 13.4. The summed E-state index contributed by atoms with van der Waals surface area (Å²) in [5, 5.41) is 0. The van der Waals surface area contributed by atoms with Crippen molar-refractivity contribution in [1.29, 1.82) is 0 Å². The minimum atomic E-state index is -4.75. The zero-order valence-electron chi connectivity index (χ0n) is 15.3. The molecule has 4 rings (SSSR count). The molecule has 8 heteroatoms. The number of anilines is 1. The van der Waals surface area contributed by atoms with Crippen LogP contribution in [0.3, 0.4) is 0 Å². The minimum Gasteiger partial charge on any atom is -0.444 e. The van der Waals surface area contributed by atoms with Crippen molar-refractivity contribution in [2.75, 3.05) is 11.4 Å². The van der Waals surface area contributed by atoms with Gasteiger partial charge in [-0.05, 0) is 48.7 Å². The van der Waals surface area contributed by atoms with Crippen LogP contribution in [0.4, 0.5) is 18.9 Å². The lowest BCUT2D eigenvalue weighted by molar-refractivity contribution is -0.274. The highest BCUT2D eigenvalue weighted by Crippen LogP contribution is 2.33. The second-order valence-corrected chi connectivity index (χ2v) is 6.67. The molecule has 1 aliphatic rings. The summed E-state index contributed by atoms with van der Waals surface area (Å²) in [6.07, 6.45) is -2.03. The van der Waals surface area contributed by atoms with E-state index in [2.05, 4.69) is 9.72 Å². The molecule has 1 aromatic heterocycles. The maximum atomic E-state index is 12.8. The third kappa shape index (κ3) is 4.42. The summed E-state index contributed by atoms with van der Waals surface area (Å²) in [6.45, 7) is 0.495. The predicted octanol–water partition coefficient (Wildman–Crippen LogP) is 4.76. The number of nitrogens with zero attached hydrogens (tertiary/aromatic N) is 2. The summed E-state index contributed by atoms with van der Waals surface area (Å²) in [5.41, 5.74) is 2.56. The van der Waals surface area contributed by atoms with E-state index < -0.39 is 6.36 Å². The Labute approximate surface area is 164 Å². The number of ether oxygens (including phenoxy) is 1. The molecule has 0 saturated heterocycles.